The van der Waals surface area contributed by atoms with Gasteiger partial charge in [0, 0.05) is 50.8 Å². The highest BCUT2D eigenvalue weighted by atomic mass is 16.3. The second-order valence-electron chi connectivity index (χ2n) is 8.00. The molecule has 1 aromatic carbocycles. The molecule has 1 aliphatic carbocycles. The molecule has 3 nitrogen and oxygen atoms in total. The summed E-state index contributed by atoms with van der Waals surface area (Å²) in [6.45, 7) is 11.6. The number of rotatable bonds is 9. The van der Waals surface area contributed by atoms with Crippen LogP contribution in [0.5, 0.6) is 0 Å². The van der Waals surface area contributed by atoms with Gasteiger partial charge in [-0.1, -0.05) is 61.2 Å². The Kier molecular flexibility index (Phi) is 7.06. The molecule has 0 bridgehead atoms. The van der Waals surface area contributed by atoms with Crippen molar-refractivity contribution < 1.29 is 5.11 Å². The summed E-state index contributed by atoms with van der Waals surface area (Å²) in [4.78, 5) is 5.17. The van der Waals surface area contributed by atoms with Crippen LogP contribution >= 0.6 is 0 Å². The first-order valence-corrected chi connectivity index (χ1v) is 10.3. The van der Waals surface area contributed by atoms with Crippen molar-refractivity contribution in [3.63, 3.8) is 0 Å². The molecular weight excluding hydrogens is 332 g/mol. The molecule has 0 aromatic heterocycles. The standard InChI is InChI=1S/C24H34N2O/c1-3-8-22(9-4-2)24(13-14-24)20-25-15-16-26(23(19-25)12-17-27)18-21-10-6-5-7-11-21/h3-11,23,27H,1,12-20H2,2H3/b9-4-,22-8+. The summed E-state index contributed by atoms with van der Waals surface area (Å²) in [5.74, 6) is 0. The maximum atomic E-state index is 9.59. The molecule has 146 valence electrons. The SMILES string of the molecule is C=C/C=C(\C=C/C)C1(CN2CCN(Cc3ccccc3)C(CCO)C2)CC1. The summed E-state index contributed by atoms with van der Waals surface area (Å²) >= 11 is 0. The number of aliphatic hydroxyl groups is 1. The Morgan fingerprint density at radius 1 is 1.26 bits per heavy atom. The minimum Gasteiger partial charge on any atom is -0.396 e. The minimum atomic E-state index is 0.259. The van der Waals surface area contributed by atoms with Crippen LogP contribution in [0.3, 0.4) is 0 Å². The van der Waals surface area contributed by atoms with E-state index in [1.54, 1.807) is 0 Å². The van der Waals surface area contributed by atoms with Crippen LogP contribution in [0.25, 0.3) is 0 Å². The second-order valence-corrected chi connectivity index (χ2v) is 8.00. The van der Waals surface area contributed by atoms with E-state index in [1.807, 2.05) is 6.08 Å². The molecule has 2 fully saturated rings. The van der Waals surface area contributed by atoms with Gasteiger partial charge in [-0.15, -0.1) is 0 Å². The summed E-state index contributed by atoms with van der Waals surface area (Å²) in [5, 5.41) is 9.59. The Morgan fingerprint density at radius 3 is 2.67 bits per heavy atom. The zero-order valence-corrected chi connectivity index (χ0v) is 16.7. The molecule has 0 spiro atoms. The average Bonchev–Trinajstić information content (AvgIpc) is 3.45. The summed E-state index contributed by atoms with van der Waals surface area (Å²) in [5.41, 5.74) is 3.09. The Labute approximate surface area is 164 Å². The first-order chi connectivity index (χ1) is 13.2. The fourth-order valence-electron chi connectivity index (χ4n) is 4.38. The highest BCUT2D eigenvalue weighted by molar-refractivity contribution is 5.35. The molecule has 1 aromatic rings. The summed E-state index contributed by atoms with van der Waals surface area (Å²) in [6, 6.07) is 11.1. The van der Waals surface area contributed by atoms with E-state index in [-0.39, 0.29) is 6.61 Å². The molecule has 1 atom stereocenters. The van der Waals surface area contributed by atoms with Gasteiger partial charge in [0.15, 0.2) is 0 Å². The first-order valence-electron chi connectivity index (χ1n) is 10.3. The average molecular weight is 367 g/mol. The van der Waals surface area contributed by atoms with Gasteiger partial charge in [0.1, 0.15) is 0 Å². The van der Waals surface area contributed by atoms with Crippen LogP contribution in [0.1, 0.15) is 31.7 Å². The molecular formula is C24H34N2O. The van der Waals surface area contributed by atoms with Crippen molar-refractivity contribution in [3.8, 4) is 0 Å². The number of allylic oxidation sites excluding steroid dienone is 4. The lowest BCUT2D eigenvalue weighted by atomic mass is 9.93. The Morgan fingerprint density at radius 2 is 2.04 bits per heavy atom. The van der Waals surface area contributed by atoms with E-state index in [4.69, 9.17) is 0 Å². The first kappa shape index (κ1) is 20.1. The third-order valence-corrected chi connectivity index (χ3v) is 6.02. The molecule has 3 heteroatoms. The van der Waals surface area contributed by atoms with Crippen LogP contribution in [0.4, 0.5) is 0 Å². The van der Waals surface area contributed by atoms with Crippen molar-refractivity contribution in [3.05, 3.63) is 72.4 Å². The van der Waals surface area contributed by atoms with E-state index in [9.17, 15) is 5.11 Å². The summed E-state index contributed by atoms with van der Waals surface area (Å²) in [7, 11) is 0. The quantitative estimate of drug-likeness (QED) is 0.669. The van der Waals surface area contributed by atoms with Gasteiger partial charge in [-0.3, -0.25) is 9.80 Å². The van der Waals surface area contributed by atoms with Gasteiger partial charge in [-0.2, -0.15) is 0 Å². The summed E-state index contributed by atoms with van der Waals surface area (Å²) < 4.78 is 0. The highest BCUT2D eigenvalue weighted by Gasteiger charge is 2.46. The second kappa shape index (κ2) is 9.50. The number of piperazine rings is 1. The zero-order chi connectivity index (χ0) is 19.1. The third kappa shape index (κ3) is 5.19. The van der Waals surface area contributed by atoms with Gasteiger partial charge in [0.25, 0.3) is 0 Å². The van der Waals surface area contributed by atoms with Crippen molar-refractivity contribution in [2.24, 2.45) is 5.41 Å². The summed E-state index contributed by atoms with van der Waals surface area (Å²) in [6.07, 6.45) is 11.9. The van der Waals surface area contributed by atoms with Gasteiger partial charge in [-0.25, -0.2) is 0 Å². The Bertz CT molecular complexity index is 660. The fraction of sp³-hybridized carbons (Fsp3) is 0.500. The number of benzene rings is 1. The largest absolute Gasteiger partial charge is 0.396 e. The lowest BCUT2D eigenvalue weighted by Crippen LogP contribution is -2.54. The van der Waals surface area contributed by atoms with Gasteiger partial charge in [-0.05, 0) is 37.3 Å². The zero-order valence-electron chi connectivity index (χ0n) is 16.7. The normalized spacial score (nSPS) is 23.6. The van der Waals surface area contributed by atoms with Crippen molar-refractivity contribution >= 4 is 0 Å². The van der Waals surface area contributed by atoms with E-state index in [2.05, 4.69) is 71.9 Å². The number of hydrogen-bond acceptors (Lipinski definition) is 3. The maximum absolute atomic E-state index is 9.59. The highest BCUT2D eigenvalue weighted by Crippen LogP contribution is 2.53. The molecule has 1 N–H and O–H groups in total. The lowest BCUT2D eigenvalue weighted by Gasteiger charge is -2.43. The molecule has 1 heterocycles. The number of hydrogen-bond donors (Lipinski definition) is 1. The predicted molar refractivity (Wildman–Crippen MR) is 114 cm³/mol. The van der Waals surface area contributed by atoms with Crippen molar-refractivity contribution in [1.82, 2.24) is 9.80 Å². The monoisotopic (exact) mass is 366 g/mol. The van der Waals surface area contributed by atoms with Gasteiger partial charge < -0.3 is 5.11 Å². The van der Waals surface area contributed by atoms with Crippen LogP contribution in [-0.4, -0.2) is 53.7 Å². The molecule has 3 rings (SSSR count). The van der Waals surface area contributed by atoms with Crippen LogP contribution < -0.4 is 0 Å². The minimum absolute atomic E-state index is 0.259. The molecule has 0 amide bonds. The fourth-order valence-corrected chi connectivity index (χ4v) is 4.38. The molecule has 1 aliphatic heterocycles. The van der Waals surface area contributed by atoms with Crippen molar-refractivity contribution in [2.45, 2.75) is 38.8 Å². The van der Waals surface area contributed by atoms with Crippen molar-refractivity contribution in [2.75, 3.05) is 32.8 Å². The van der Waals surface area contributed by atoms with E-state index in [0.717, 1.165) is 39.1 Å². The van der Waals surface area contributed by atoms with Crippen LogP contribution in [0, 0.1) is 5.41 Å². The van der Waals surface area contributed by atoms with Crippen molar-refractivity contribution in [1.29, 1.82) is 0 Å². The molecule has 2 aliphatic rings. The predicted octanol–water partition coefficient (Wildman–Crippen LogP) is 4.02. The Balaban J connectivity index is 1.64. The maximum Gasteiger partial charge on any atom is 0.0446 e. The van der Waals surface area contributed by atoms with E-state index in [1.165, 1.54) is 24.0 Å². The van der Waals surface area contributed by atoms with E-state index >= 15 is 0 Å². The van der Waals surface area contributed by atoms with Crippen LogP contribution in [0.15, 0.2) is 66.8 Å². The van der Waals surface area contributed by atoms with Crippen LogP contribution in [-0.2, 0) is 6.54 Å². The smallest absolute Gasteiger partial charge is 0.0446 e. The molecule has 1 saturated heterocycles. The molecule has 1 unspecified atom stereocenters. The molecule has 1 saturated carbocycles. The van der Waals surface area contributed by atoms with E-state index < -0.39 is 0 Å². The lowest BCUT2D eigenvalue weighted by molar-refractivity contribution is 0.0466. The third-order valence-electron chi connectivity index (χ3n) is 6.02. The molecule has 0 radical (unpaired) electrons. The van der Waals surface area contributed by atoms with Gasteiger partial charge in [0.2, 0.25) is 0 Å². The van der Waals surface area contributed by atoms with Gasteiger partial charge >= 0.3 is 0 Å². The van der Waals surface area contributed by atoms with Gasteiger partial charge in [0.05, 0.1) is 0 Å². The van der Waals surface area contributed by atoms with Crippen LogP contribution in [0.2, 0.25) is 0 Å². The Hall–Kier alpha value is -1.68. The molecule has 27 heavy (non-hydrogen) atoms. The number of nitrogens with zero attached hydrogens (tertiary/aromatic N) is 2. The number of aliphatic hydroxyl groups excluding tert-OH is 1. The van der Waals surface area contributed by atoms with E-state index in [0.29, 0.717) is 11.5 Å². The topological polar surface area (TPSA) is 26.7 Å².